The average molecular weight is 324 g/mol. The maximum Gasteiger partial charge on any atom is 0.240 e. The van der Waals surface area contributed by atoms with Gasteiger partial charge in [-0.25, -0.2) is 13.1 Å². The van der Waals surface area contributed by atoms with Gasteiger partial charge in [0, 0.05) is 19.7 Å². The summed E-state index contributed by atoms with van der Waals surface area (Å²) in [7, 11) is -2.07. The number of methoxy groups -OCH3 is 1. The number of nitrogens with one attached hydrogen (secondary N) is 1. The Hall–Kier alpha value is -1.44. The normalized spacial score (nSPS) is 18.5. The highest BCUT2D eigenvalue weighted by Gasteiger charge is 2.33. The van der Waals surface area contributed by atoms with Crippen LogP contribution in [-0.2, 0) is 32.4 Å². The van der Waals surface area contributed by atoms with E-state index in [1.165, 1.54) is 7.11 Å². The van der Waals surface area contributed by atoms with Crippen molar-refractivity contribution in [1.82, 2.24) is 4.72 Å². The minimum atomic E-state index is -3.61. The van der Waals surface area contributed by atoms with Gasteiger partial charge in [-0.15, -0.1) is 0 Å². The highest BCUT2D eigenvalue weighted by atomic mass is 32.2. The third-order valence-corrected chi connectivity index (χ3v) is 5.63. The predicted molar refractivity (Wildman–Crippen MR) is 82.5 cm³/mol. The summed E-state index contributed by atoms with van der Waals surface area (Å²) >= 11 is 0. The third kappa shape index (κ3) is 2.64. The molecule has 22 heavy (non-hydrogen) atoms. The Kier molecular flexibility index (Phi) is 3.96. The van der Waals surface area contributed by atoms with Crippen LogP contribution in [-0.4, -0.2) is 40.6 Å². The first-order chi connectivity index (χ1) is 10.4. The van der Waals surface area contributed by atoms with Crippen LogP contribution in [0.2, 0.25) is 0 Å². The van der Waals surface area contributed by atoms with Crippen molar-refractivity contribution in [3.63, 3.8) is 0 Å². The summed E-state index contributed by atoms with van der Waals surface area (Å²) in [6.45, 7) is 2.79. The lowest BCUT2D eigenvalue weighted by atomic mass is 10.0. The molecule has 7 heteroatoms. The van der Waals surface area contributed by atoms with E-state index < -0.39 is 10.0 Å². The van der Waals surface area contributed by atoms with Crippen LogP contribution >= 0.6 is 0 Å². The highest BCUT2D eigenvalue weighted by Crippen LogP contribution is 2.38. The van der Waals surface area contributed by atoms with E-state index in [0.29, 0.717) is 13.0 Å². The molecule has 1 aromatic rings. The lowest BCUT2D eigenvalue weighted by Crippen LogP contribution is -2.36. The van der Waals surface area contributed by atoms with E-state index in [-0.39, 0.29) is 16.8 Å². The molecule has 0 saturated carbocycles. The molecular weight excluding hydrogens is 304 g/mol. The zero-order valence-electron chi connectivity index (χ0n) is 12.8. The molecule has 1 amide bonds. The molecule has 2 heterocycles. The van der Waals surface area contributed by atoms with E-state index in [9.17, 15) is 13.2 Å². The fourth-order valence-corrected chi connectivity index (χ4v) is 4.55. The van der Waals surface area contributed by atoms with Gasteiger partial charge in [0.05, 0.1) is 23.6 Å². The molecule has 0 bridgehead atoms. The molecule has 0 unspecified atom stereocenters. The van der Waals surface area contributed by atoms with Crippen molar-refractivity contribution in [2.75, 3.05) is 25.2 Å². The maximum absolute atomic E-state index is 12.5. The number of rotatable bonds is 5. The van der Waals surface area contributed by atoms with Crippen LogP contribution in [0.5, 0.6) is 0 Å². The molecule has 3 rings (SSSR count). The molecule has 1 aromatic carbocycles. The molecule has 0 aromatic heterocycles. The van der Waals surface area contributed by atoms with Gasteiger partial charge in [0.2, 0.25) is 15.9 Å². The van der Waals surface area contributed by atoms with Crippen molar-refractivity contribution in [1.29, 1.82) is 0 Å². The Morgan fingerprint density at radius 2 is 2.09 bits per heavy atom. The summed E-state index contributed by atoms with van der Waals surface area (Å²) in [5.41, 5.74) is 2.71. The summed E-state index contributed by atoms with van der Waals surface area (Å²) in [5.74, 6) is 0.0613. The Bertz CT molecular complexity index is 714. The lowest BCUT2D eigenvalue weighted by molar-refractivity contribution is -0.117. The maximum atomic E-state index is 12.5. The van der Waals surface area contributed by atoms with Crippen molar-refractivity contribution < 1.29 is 17.9 Å². The van der Waals surface area contributed by atoms with Crippen LogP contribution in [0.25, 0.3) is 0 Å². The van der Waals surface area contributed by atoms with Crippen LogP contribution in [0.3, 0.4) is 0 Å². The monoisotopic (exact) mass is 324 g/mol. The van der Waals surface area contributed by atoms with Gasteiger partial charge in [-0.1, -0.05) is 0 Å². The Morgan fingerprint density at radius 3 is 2.82 bits per heavy atom. The molecule has 1 atom stereocenters. The first kappa shape index (κ1) is 15.5. The Morgan fingerprint density at radius 1 is 1.36 bits per heavy atom. The van der Waals surface area contributed by atoms with Gasteiger partial charge in [-0.3, -0.25) is 4.79 Å². The van der Waals surface area contributed by atoms with Crippen LogP contribution in [0.1, 0.15) is 24.5 Å². The van der Waals surface area contributed by atoms with E-state index in [1.807, 2.05) is 0 Å². The number of benzene rings is 1. The second kappa shape index (κ2) is 5.64. The molecule has 0 aliphatic carbocycles. The average Bonchev–Trinajstić information content (AvgIpc) is 2.77. The van der Waals surface area contributed by atoms with Gasteiger partial charge >= 0.3 is 0 Å². The molecule has 120 valence electrons. The second-order valence-electron chi connectivity index (χ2n) is 5.89. The molecule has 6 nitrogen and oxygen atoms in total. The third-order valence-electron chi connectivity index (χ3n) is 4.07. The molecule has 1 N–H and O–H groups in total. The van der Waals surface area contributed by atoms with Crippen LogP contribution in [0, 0.1) is 0 Å². The molecule has 0 fully saturated rings. The Labute approximate surface area is 130 Å². The highest BCUT2D eigenvalue weighted by molar-refractivity contribution is 7.89. The smallest absolute Gasteiger partial charge is 0.240 e. The fourth-order valence-electron chi connectivity index (χ4n) is 3.22. The van der Waals surface area contributed by atoms with Crippen LogP contribution in [0.4, 0.5) is 5.69 Å². The molecule has 2 aliphatic heterocycles. The van der Waals surface area contributed by atoms with Gasteiger partial charge in [0.15, 0.2) is 0 Å². The number of aryl methyl sites for hydroxylation is 1. The zero-order valence-corrected chi connectivity index (χ0v) is 13.6. The van der Waals surface area contributed by atoms with Gasteiger partial charge in [-0.2, -0.15) is 0 Å². The summed E-state index contributed by atoms with van der Waals surface area (Å²) in [4.78, 5) is 14.0. The van der Waals surface area contributed by atoms with Gasteiger partial charge < -0.3 is 9.64 Å². The lowest BCUT2D eigenvalue weighted by Gasteiger charge is -2.26. The summed E-state index contributed by atoms with van der Waals surface area (Å²) < 4.78 is 32.6. The molecule has 0 radical (unpaired) electrons. The van der Waals surface area contributed by atoms with Gasteiger partial charge in [0.1, 0.15) is 0 Å². The number of ether oxygens (including phenoxy) is 1. The van der Waals surface area contributed by atoms with E-state index in [2.05, 4.69) is 4.72 Å². The number of amides is 1. The number of nitrogens with zero attached hydrogens (tertiary/aromatic N) is 1. The summed E-state index contributed by atoms with van der Waals surface area (Å²) in [6, 6.07) is 3.02. The van der Waals surface area contributed by atoms with E-state index >= 15 is 0 Å². The Balaban J connectivity index is 1.97. The fraction of sp³-hybridized carbons (Fsp3) is 0.533. The number of hydrogen-bond acceptors (Lipinski definition) is 4. The molecular formula is C15H20N2O4S. The topological polar surface area (TPSA) is 75.7 Å². The zero-order chi connectivity index (χ0) is 15.9. The van der Waals surface area contributed by atoms with Crippen molar-refractivity contribution in [3.05, 3.63) is 23.3 Å². The SMILES string of the molecule is COC[C@H](C)NS(=O)(=O)c1cc2c3c(c1)CC(=O)N3CCC2. The minimum Gasteiger partial charge on any atom is -0.383 e. The van der Waals surface area contributed by atoms with Crippen molar-refractivity contribution in [3.8, 4) is 0 Å². The predicted octanol–water partition coefficient (Wildman–Crippen LogP) is 0.835. The molecule has 0 spiro atoms. The van der Waals surface area contributed by atoms with E-state index in [0.717, 1.165) is 36.2 Å². The largest absolute Gasteiger partial charge is 0.383 e. The van der Waals surface area contributed by atoms with Crippen LogP contribution < -0.4 is 9.62 Å². The number of sulfonamides is 1. The standard InChI is InChI=1S/C15H20N2O4S/c1-10(9-21-2)16-22(19,20)13-6-11-4-3-5-17-14(18)8-12(7-13)15(11)17/h6-7,10,16H,3-5,8-9H2,1-2H3/t10-/m0/s1. The second-order valence-corrected chi connectivity index (χ2v) is 7.61. The van der Waals surface area contributed by atoms with Crippen molar-refractivity contribution in [2.45, 2.75) is 37.1 Å². The van der Waals surface area contributed by atoms with Crippen molar-refractivity contribution >= 4 is 21.6 Å². The number of carbonyl (C=O) groups is 1. The minimum absolute atomic E-state index is 0.0613. The first-order valence-corrected chi connectivity index (χ1v) is 8.88. The van der Waals surface area contributed by atoms with E-state index in [1.54, 1.807) is 24.0 Å². The van der Waals surface area contributed by atoms with Crippen LogP contribution in [0.15, 0.2) is 17.0 Å². The molecule has 0 saturated heterocycles. The summed E-state index contributed by atoms with van der Waals surface area (Å²) in [6.07, 6.45) is 1.97. The van der Waals surface area contributed by atoms with Crippen molar-refractivity contribution in [2.24, 2.45) is 0 Å². The van der Waals surface area contributed by atoms with Gasteiger partial charge in [0.25, 0.3) is 0 Å². The number of carbonyl (C=O) groups excluding carboxylic acids is 1. The van der Waals surface area contributed by atoms with Gasteiger partial charge in [-0.05, 0) is 43.0 Å². The summed E-state index contributed by atoms with van der Waals surface area (Å²) in [5, 5.41) is 0. The number of anilines is 1. The first-order valence-electron chi connectivity index (χ1n) is 7.40. The molecule has 2 aliphatic rings. The number of hydrogen-bond donors (Lipinski definition) is 1. The quantitative estimate of drug-likeness (QED) is 0.871. The van der Waals surface area contributed by atoms with E-state index in [4.69, 9.17) is 4.74 Å².